The highest BCUT2D eigenvalue weighted by Gasteiger charge is 2.29. The van der Waals surface area contributed by atoms with Gasteiger partial charge in [-0.1, -0.05) is 24.3 Å². The molecule has 0 radical (unpaired) electrons. The quantitative estimate of drug-likeness (QED) is 0.862. The van der Waals surface area contributed by atoms with Gasteiger partial charge in [0.15, 0.2) is 11.6 Å². The summed E-state index contributed by atoms with van der Waals surface area (Å²) in [4.78, 5) is 25.4. The number of ketones is 2. The van der Waals surface area contributed by atoms with Crippen LogP contribution < -0.4 is 9.47 Å². The molecule has 122 valence electrons. The van der Waals surface area contributed by atoms with Crippen LogP contribution in [0, 0.1) is 0 Å². The average Bonchev–Trinajstić information content (AvgIpc) is 2.63. The van der Waals surface area contributed by atoms with Crippen molar-refractivity contribution < 1.29 is 19.1 Å². The van der Waals surface area contributed by atoms with Gasteiger partial charge in [0.2, 0.25) is 0 Å². The first-order valence-corrected chi connectivity index (χ1v) is 7.66. The Morgan fingerprint density at radius 2 is 1.54 bits per heavy atom. The third kappa shape index (κ3) is 2.60. The summed E-state index contributed by atoms with van der Waals surface area (Å²) in [7, 11) is 3.16. The highest BCUT2D eigenvalue weighted by atomic mass is 16.5. The van der Waals surface area contributed by atoms with Crippen LogP contribution in [-0.2, 0) is 6.42 Å². The number of rotatable bonds is 4. The predicted octanol–water partition coefficient (Wildman–Crippen LogP) is 3.64. The Bertz CT molecular complexity index is 862. The third-order valence-electron chi connectivity index (χ3n) is 4.34. The van der Waals surface area contributed by atoms with Crippen molar-refractivity contribution in [1.82, 2.24) is 0 Å². The van der Waals surface area contributed by atoms with Crippen LogP contribution in [0.25, 0.3) is 0 Å². The molecule has 0 saturated heterocycles. The number of ether oxygens (including phenoxy) is 2. The molecule has 2 aromatic rings. The first-order chi connectivity index (χ1) is 11.6. The molecule has 24 heavy (non-hydrogen) atoms. The topological polar surface area (TPSA) is 52.6 Å². The van der Waals surface area contributed by atoms with E-state index in [-0.39, 0.29) is 11.6 Å². The minimum Gasteiger partial charge on any atom is -0.497 e. The summed E-state index contributed by atoms with van der Waals surface area (Å²) in [6.07, 6.45) is 0.325. The molecule has 0 amide bonds. The number of fused-ring (bicyclic) bond motifs is 1. The maximum Gasteiger partial charge on any atom is 0.190 e. The van der Waals surface area contributed by atoms with Crippen molar-refractivity contribution in [3.63, 3.8) is 0 Å². The lowest BCUT2D eigenvalue weighted by Crippen LogP contribution is -2.22. The molecular weight excluding hydrogens is 304 g/mol. The summed E-state index contributed by atoms with van der Waals surface area (Å²) in [5, 5.41) is 0. The lowest BCUT2D eigenvalue weighted by molar-refractivity contribution is 0.0973. The average molecular weight is 322 g/mol. The fourth-order valence-electron chi connectivity index (χ4n) is 2.97. The Morgan fingerprint density at radius 1 is 0.875 bits per heavy atom. The Hall–Kier alpha value is -2.88. The summed E-state index contributed by atoms with van der Waals surface area (Å²) in [5.41, 5.74) is 2.74. The number of hydrogen-bond donors (Lipinski definition) is 0. The van der Waals surface area contributed by atoms with Gasteiger partial charge < -0.3 is 9.47 Å². The first-order valence-electron chi connectivity index (χ1n) is 7.66. The molecule has 4 heteroatoms. The number of hydrogen-bond acceptors (Lipinski definition) is 4. The first kappa shape index (κ1) is 16.0. The summed E-state index contributed by atoms with van der Waals surface area (Å²) in [5.74, 6) is 1.14. The highest BCUT2D eigenvalue weighted by molar-refractivity contribution is 6.26. The molecule has 4 nitrogen and oxygen atoms in total. The number of carbonyl (C=O) groups excluding carboxylic acids is 2. The molecule has 0 heterocycles. The standard InChI is InChI=1S/C20H18O4/c1-12-17(11-13-10-14(23-2)8-9-18(13)24-3)20(22)16-7-5-4-6-15(16)19(12)21/h4-10H,11H2,1-3H3. The van der Waals surface area contributed by atoms with E-state index in [1.54, 1.807) is 57.5 Å². The third-order valence-corrected chi connectivity index (χ3v) is 4.34. The van der Waals surface area contributed by atoms with Gasteiger partial charge in [0.05, 0.1) is 14.2 Å². The minimum atomic E-state index is -0.104. The van der Waals surface area contributed by atoms with Crippen molar-refractivity contribution in [2.45, 2.75) is 13.3 Å². The van der Waals surface area contributed by atoms with E-state index < -0.39 is 0 Å². The van der Waals surface area contributed by atoms with Gasteiger partial charge in [-0.05, 0) is 25.1 Å². The van der Waals surface area contributed by atoms with E-state index in [1.165, 1.54) is 0 Å². The number of Topliss-reactive ketones (excluding diaryl/α,β-unsaturated/α-hetero) is 2. The van der Waals surface area contributed by atoms with Crippen LogP contribution in [0.15, 0.2) is 53.6 Å². The van der Waals surface area contributed by atoms with Crippen LogP contribution >= 0.6 is 0 Å². The van der Waals surface area contributed by atoms with Gasteiger partial charge in [0, 0.05) is 34.3 Å². The smallest absolute Gasteiger partial charge is 0.190 e. The van der Waals surface area contributed by atoms with E-state index in [2.05, 4.69) is 0 Å². The second-order valence-electron chi connectivity index (χ2n) is 5.66. The second kappa shape index (κ2) is 6.32. The molecule has 3 rings (SSSR count). The van der Waals surface area contributed by atoms with Gasteiger partial charge in [-0.2, -0.15) is 0 Å². The van der Waals surface area contributed by atoms with E-state index in [0.717, 1.165) is 5.56 Å². The molecule has 2 aromatic carbocycles. The van der Waals surface area contributed by atoms with Crippen molar-refractivity contribution in [1.29, 1.82) is 0 Å². The van der Waals surface area contributed by atoms with Crippen molar-refractivity contribution >= 4 is 11.6 Å². The molecular formula is C20H18O4. The van der Waals surface area contributed by atoms with Crippen molar-refractivity contribution in [2.75, 3.05) is 14.2 Å². The Labute approximate surface area is 140 Å². The molecule has 1 aliphatic carbocycles. The second-order valence-corrected chi connectivity index (χ2v) is 5.66. The highest BCUT2D eigenvalue weighted by Crippen LogP contribution is 2.32. The molecule has 0 bridgehead atoms. The fourth-order valence-corrected chi connectivity index (χ4v) is 2.97. The maximum atomic E-state index is 12.8. The van der Waals surface area contributed by atoms with Crippen molar-refractivity contribution in [3.05, 3.63) is 70.3 Å². The molecule has 0 saturated carbocycles. The SMILES string of the molecule is COc1ccc(OC)c(CC2=C(C)C(=O)c3ccccc3C2=O)c1. The fraction of sp³-hybridized carbons (Fsp3) is 0.200. The largest absolute Gasteiger partial charge is 0.497 e. The zero-order valence-electron chi connectivity index (χ0n) is 13.9. The predicted molar refractivity (Wildman–Crippen MR) is 91.1 cm³/mol. The van der Waals surface area contributed by atoms with Crippen molar-refractivity contribution in [2.24, 2.45) is 0 Å². The number of methoxy groups -OCH3 is 2. The Kier molecular flexibility index (Phi) is 4.21. The summed E-state index contributed by atoms with van der Waals surface area (Å²) in [6, 6.07) is 12.4. The van der Waals surface area contributed by atoms with Crippen LogP contribution in [0.4, 0.5) is 0 Å². The van der Waals surface area contributed by atoms with Crippen molar-refractivity contribution in [3.8, 4) is 11.5 Å². The summed E-state index contributed by atoms with van der Waals surface area (Å²) < 4.78 is 10.6. The number of allylic oxidation sites excluding steroid dienone is 2. The van der Waals surface area contributed by atoms with E-state index in [9.17, 15) is 9.59 Å². The van der Waals surface area contributed by atoms with Crippen LogP contribution in [-0.4, -0.2) is 25.8 Å². The minimum absolute atomic E-state index is 0.0953. The molecule has 0 N–H and O–H groups in total. The maximum absolute atomic E-state index is 12.8. The van der Waals surface area contributed by atoms with Crippen LogP contribution in [0.3, 0.4) is 0 Å². The van der Waals surface area contributed by atoms with Crippen LogP contribution in [0.1, 0.15) is 33.2 Å². The normalized spacial score (nSPS) is 13.8. The van der Waals surface area contributed by atoms with Crippen LogP contribution in [0.2, 0.25) is 0 Å². The molecule has 0 unspecified atom stereocenters. The number of benzene rings is 2. The lowest BCUT2D eigenvalue weighted by atomic mass is 9.82. The number of carbonyl (C=O) groups is 2. The zero-order valence-corrected chi connectivity index (χ0v) is 13.9. The lowest BCUT2D eigenvalue weighted by Gasteiger charge is -2.20. The zero-order chi connectivity index (χ0) is 17.3. The van der Waals surface area contributed by atoms with Gasteiger partial charge in [0.25, 0.3) is 0 Å². The van der Waals surface area contributed by atoms with Gasteiger partial charge in [-0.3, -0.25) is 9.59 Å². The molecule has 0 aliphatic heterocycles. The van der Waals surface area contributed by atoms with Gasteiger partial charge in [-0.25, -0.2) is 0 Å². The Balaban J connectivity index is 2.06. The van der Waals surface area contributed by atoms with Crippen LogP contribution in [0.5, 0.6) is 11.5 Å². The van der Waals surface area contributed by atoms with Gasteiger partial charge in [0.1, 0.15) is 11.5 Å². The van der Waals surface area contributed by atoms with Gasteiger partial charge >= 0.3 is 0 Å². The van der Waals surface area contributed by atoms with E-state index in [0.29, 0.717) is 40.2 Å². The van der Waals surface area contributed by atoms with E-state index in [4.69, 9.17) is 9.47 Å². The molecule has 0 aromatic heterocycles. The van der Waals surface area contributed by atoms with E-state index >= 15 is 0 Å². The summed E-state index contributed by atoms with van der Waals surface area (Å²) >= 11 is 0. The molecule has 0 atom stereocenters. The molecule has 1 aliphatic rings. The summed E-state index contributed by atoms with van der Waals surface area (Å²) in [6.45, 7) is 1.71. The molecule has 0 spiro atoms. The molecule has 0 fully saturated rings. The van der Waals surface area contributed by atoms with E-state index in [1.807, 2.05) is 6.07 Å². The monoisotopic (exact) mass is 322 g/mol. The van der Waals surface area contributed by atoms with Gasteiger partial charge in [-0.15, -0.1) is 0 Å². The Morgan fingerprint density at radius 3 is 2.17 bits per heavy atom.